The predicted octanol–water partition coefficient (Wildman–Crippen LogP) is 3.95. The number of carbonyl (C=O) groups excluding carboxylic acids is 1. The molecule has 0 aliphatic heterocycles. The molecule has 5 nitrogen and oxygen atoms in total. The molecule has 25 heavy (non-hydrogen) atoms. The first-order valence-corrected chi connectivity index (χ1v) is 7.58. The fourth-order valence-corrected chi connectivity index (χ4v) is 2.58. The fraction of sp³-hybridized carbons (Fsp3) is 0.111. The minimum atomic E-state index is -0.722. The van der Waals surface area contributed by atoms with Crippen molar-refractivity contribution in [3.8, 4) is 5.75 Å². The number of rotatable bonds is 4. The molecule has 0 radical (unpaired) electrons. The quantitative estimate of drug-likeness (QED) is 0.519. The van der Waals surface area contributed by atoms with Crippen LogP contribution < -0.4 is 10.4 Å². The van der Waals surface area contributed by atoms with Gasteiger partial charge < -0.3 is 13.9 Å². The summed E-state index contributed by atoms with van der Waals surface area (Å²) < 4.78 is 28.5. The van der Waals surface area contributed by atoms with Crippen molar-refractivity contribution in [1.82, 2.24) is 0 Å². The van der Waals surface area contributed by atoms with Crippen molar-refractivity contribution >= 4 is 28.5 Å². The van der Waals surface area contributed by atoms with Gasteiger partial charge in [0.2, 0.25) is 0 Å². The Morgan fingerprint density at radius 1 is 1.20 bits per heavy atom. The van der Waals surface area contributed by atoms with Crippen molar-refractivity contribution in [3.05, 3.63) is 74.9 Å². The van der Waals surface area contributed by atoms with E-state index in [0.717, 1.165) is 12.1 Å². The number of fused-ring (bicyclic) bond motifs is 1. The van der Waals surface area contributed by atoms with Crippen LogP contribution in [-0.2, 0) is 11.3 Å². The minimum absolute atomic E-state index is 0.0389. The summed E-state index contributed by atoms with van der Waals surface area (Å²) in [5, 5.41) is 0.561. The summed E-state index contributed by atoms with van der Waals surface area (Å²) >= 11 is 5.84. The lowest BCUT2D eigenvalue weighted by Gasteiger charge is -2.09. The number of hydrogen-bond acceptors (Lipinski definition) is 5. The van der Waals surface area contributed by atoms with Crippen molar-refractivity contribution in [2.45, 2.75) is 6.61 Å². The van der Waals surface area contributed by atoms with Crippen molar-refractivity contribution in [1.29, 1.82) is 0 Å². The fourth-order valence-electron chi connectivity index (χ4n) is 2.33. The summed E-state index contributed by atoms with van der Waals surface area (Å²) in [5.41, 5.74) is 0.252. The van der Waals surface area contributed by atoms with Gasteiger partial charge in [-0.3, -0.25) is 0 Å². The predicted molar refractivity (Wildman–Crippen MR) is 89.6 cm³/mol. The molecule has 0 N–H and O–H groups in total. The van der Waals surface area contributed by atoms with Gasteiger partial charge in [-0.2, -0.15) is 0 Å². The minimum Gasteiger partial charge on any atom is -0.497 e. The van der Waals surface area contributed by atoms with Gasteiger partial charge in [-0.15, -0.1) is 0 Å². The van der Waals surface area contributed by atoms with Crippen molar-refractivity contribution in [3.63, 3.8) is 0 Å². The molecule has 3 rings (SSSR count). The first-order chi connectivity index (χ1) is 12.0. The summed E-state index contributed by atoms with van der Waals surface area (Å²) in [4.78, 5) is 23.8. The molecule has 0 atom stereocenters. The maximum absolute atomic E-state index is 13.1. The van der Waals surface area contributed by atoms with Crippen molar-refractivity contribution in [2.24, 2.45) is 0 Å². The third kappa shape index (κ3) is 3.64. The van der Waals surface area contributed by atoms with Crippen LogP contribution >= 0.6 is 11.6 Å². The second-order valence-corrected chi connectivity index (χ2v) is 5.56. The molecule has 0 spiro atoms. The summed E-state index contributed by atoms with van der Waals surface area (Å²) in [6, 6.07) is 9.59. The number of halogens is 2. The summed E-state index contributed by atoms with van der Waals surface area (Å²) in [6.07, 6.45) is 0. The lowest BCUT2D eigenvalue weighted by atomic mass is 10.1. The zero-order chi connectivity index (χ0) is 18.0. The molecule has 7 heteroatoms. The monoisotopic (exact) mass is 362 g/mol. The van der Waals surface area contributed by atoms with Gasteiger partial charge in [-0.05, 0) is 30.3 Å². The first-order valence-electron chi connectivity index (χ1n) is 7.21. The Morgan fingerprint density at radius 2 is 2.00 bits per heavy atom. The van der Waals surface area contributed by atoms with E-state index in [0.29, 0.717) is 22.3 Å². The average Bonchev–Trinajstić information content (AvgIpc) is 2.58. The average molecular weight is 363 g/mol. The maximum atomic E-state index is 13.1. The molecule has 0 saturated carbocycles. The van der Waals surface area contributed by atoms with E-state index in [1.807, 2.05) is 0 Å². The van der Waals surface area contributed by atoms with Crippen LogP contribution in [0.2, 0.25) is 5.02 Å². The van der Waals surface area contributed by atoms with E-state index in [2.05, 4.69) is 0 Å². The Morgan fingerprint density at radius 3 is 2.72 bits per heavy atom. The Balaban J connectivity index is 1.88. The third-order valence-corrected chi connectivity index (χ3v) is 3.86. The van der Waals surface area contributed by atoms with Crippen LogP contribution in [0.25, 0.3) is 11.0 Å². The van der Waals surface area contributed by atoms with Gasteiger partial charge in [0.1, 0.15) is 23.8 Å². The topological polar surface area (TPSA) is 65.7 Å². The van der Waals surface area contributed by atoms with Crippen LogP contribution in [0.15, 0.2) is 51.7 Å². The van der Waals surface area contributed by atoms with Gasteiger partial charge in [0, 0.05) is 23.1 Å². The number of hydrogen-bond donors (Lipinski definition) is 0. The molecule has 3 aromatic rings. The van der Waals surface area contributed by atoms with Crippen molar-refractivity contribution in [2.75, 3.05) is 7.11 Å². The highest BCUT2D eigenvalue weighted by atomic mass is 35.5. The molecule has 1 aromatic heterocycles. The van der Waals surface area contributed by atoms with E-state index in [4.69, 9.17) is 25.5 Å². The Hall–Kier alpha value is -2.86. The van der Waals surface area contributed by atoms with E-state index in [9.17, 15) is 14.0 Å². The number of benzene rings is 2. The highest BCUT2D eigenvalue weighted by molar-refractivity contribution is 6.33. The number of esters is 1. The summed E-state index contributed by atoms with van der Waals surface area (Å²) in [5.74, 6) is -0.745. The largest absolute Gasteiger partial charge is 0.497 e. The van der Waals surface area contributed by atoms with Crippen LogP contribution in [-0.4, -0.2) is 13.1 Å². The first kappa shape index (κ1) is 17.0. The molecule has 0 aliphatic carbocycles. The molecule has 1 heterocycles. The lowest BCUT2D eigenvalue weighted by molar-refractivity contribution is 0.0474. The molecule has 2 aromatic carbocycles. The highest BCUT2D eigenvalue weighted by Gasteiger charge is 2.14. The summed E-state index contributed by atoms with van der Waals surface area (Å²) in [6.45, 7) is -0.166. The Kier molecular flexibility index (Phi) is 4.72. The highest BCUT2D eigenvalue weighted by Crippen LogP contribution is 2.24. The zero-order valence-corrected chi connectivity index (χ0v) is 13.8. The van der Waals surface area contributed by atoms with Gasteiger partial charge in [0.05, 0.1) is 17.7 Å². The smallest absolute Gasteiger partial charge is 0.339 e. The molecular formula is C18H12ClFO5. The van der Waals surface area contributed by atoms with Gasteiger partial charge in [0.25, 0.3) is 0 Å². The Bertz CT molecular complexity index is 1010. The Labute approximate surface area is 146 Å². The molecule has 0 aliphatic rings. The van der Waals surface area contributed by atoms with Crippen molar-refractivity contribution < 1.29 is 23.1 Å². The van der Waals surface area contributed by atoms with Crippen LogP contribution in [0.5, 0.6) is 5.75 Å². The second kappa shape index (κ2) is 6.94. The maximum Gasteiger partial charge on any atom is 0.339 e. The van der Waals surface area contributed by atoms with Gasteiger partial charge in [-0.1, -0.05) is 11.6 Å². The molecule has 0 fully saturated rings. The SMILES string of the molecule is COc1ccc2c(COC(=O)c3ccc(F)cc3Cl)cc(=O)oc2c1. The van der Waals surface area contributed by atoms with E-state index in [-0.39, 0.29) is 17.2 Å². The van der Waals surface area contributed by atoms with Crippen LogP contribution in [0.4, 0.5) is 4.39 Å². The number of carbonyl (C=O) groups is 1. The van der Waals surface area contributed by atoms with Gasteiger partial charge in [0.15, 0.2) is 0 Å². The molecule has 128 valence electrons. The molecule has 0 bridgehead atoms. The van der Waals surface area contributed by atoms with E-state index in [1.54, 1.807) is 18.2 Å². The van der Waals surface area contributed by atoms with Gasteiger partial charge in [-0.25, -0.2) is 14.0 Å². The van der Waals surface area contributed by atoms with Crippen LogP contribution in [0.3, 0.4) is 0 Å². The molecule has 0 amide bonds. The number of ether oxygens (including phenoxy) is 2. The standard InChI is InChI=1S/C18H12ClFO5/c1-23-12-3-5-13-10(6-17(21)25-16(13)8-12)9-24-18(22)14-4-2-11(20)7-15(14)19/h2-8H,9H2,1H3. The summed E-state index contributed by atoms with van der Waals surface area (Å²) in [7, 11) is 1.50. The third-order valence-electron chi connectivity index (χ3n) is 3.55. The normalized spacial score (nSPS) is 10.7. The molecule has 0 saturated heterocycles. The van der Waals surface area contributed by atoms with E-state index in [1.165, 1.54) is 19.2 Å². The number of methoxy groups -OCH3 is 1. The van der Waals surface area contributed by atoms with Crippen LogP contribution in [0, 0.1) is 5.82 Å². The van der Waals surface area contributed by atoms with Crippen LogP contribution in [0.1, 0.15) is 15.9 Å². The zero-order valence-electron chi connectivity index (χ0n) is 13.0. The van der Waals surface area contributed by atoms with E-state index >= 15 is 0 Å². The molecule has 0 unspecified atom stereocenters. The lowest BCUT2D eigenvalue weighted by Crippen LogP contribution is -2.08. The molecular weight excluding hydrogens is 351 g/mol. The van der Waals surface area contributed by atoms with E-state index < -0.39 is 17.4 Å². The second-order valence-electron chi connectivity index (χ2n) is 5.15. The van der Waals surface area contributed by atoms with Gasteiger partial charge >= 0.3 is 11.6 Å².